The smallest absolute Gasteiger partial charge is 0.217 e. The Hall–Kier alpha value is -1.14. The van der Waals surface area contributed by atoms with E-state index in [4.69, 9.17) is 36.8 Å². The molecule has 2 unspecified atom stereocenters. The van der Waals surface area contributed by atoms with E-state index in [9.17, 15) is 0 Å². The molecule has 0 bridgehead atoms. The van der Waals surface area contributed by atoms with Crippen LogP contribution in [0.2, 0.25) is 10.0 Å². The van der Waals surface area contributed by atoms with Crippen LogP contribution in [0.15, 0.2) is 30.8 Å². The third-order valence-corrected chi connectivity index (χ3v) is 3.90. The lowest BCUT2D eigenvalue weighted by Crippen LogP contribution is -2.34. The molecule has 2 heterocycles. The number of hydrogen-bond acceptors (Lipinski definition) is 4. The van der Waals surface area contributed by atoms with E-state index in [1.54, 1.807) is 0 Å². The molecule has 0 N–H and O–H groups in total. The molecular weight excluding hydrogens is 325 g/mol. The monoisotopic (exact) mass is 344 g/mol. The summed E-state index contributed by atoms with van der Waals surface area (Å²) in [6.07, 6.45) is 4.38. The van der Waals surface area contributed by atoms with E-state index in [1.165, 1.54) is 17.3 Å². The first kappa shape index (κ1) is 12.3. The molecular formula is C15H17Cl2N3O2. The van der Waals surface area contributed by atoms with Crippen LogP contribution in [-0.2, 0) is 21.8 Å². The minimum Gasteiger partial charge on any atom is -0.342 e. The van der Waals surface area contributed by atoms with Crippen LogP contribution in [0, 0.1) is 0 Å². The van der Waals surface area contributed by atoms with Gasteiger partial charge in [-0.05, 0) is 18.5 Å². The molecule has 0 radical (unpaired) electrons. The largest absolute Gasteiger partial charge is 0.342 e. The van der Waals surface area contributed by atoms with Gasteiger partial charge in [0.05, 0.1) is 21.8 Å². The van der Waals surface area contributed by atoms with Gasteiger partial charge in [0.1, 0.15) is 19.2 Å². The van der Waals surface area contributed by atoms with Crippen molar-refractivity contribution in [1.82, 2.24) is 14.8 Å². The van der Waals surface area contributed by atoms with E-state index in [0.717, 1.165) is 12.8 Å². The highest BCUT2D eigenvalue weighted by Crippen LogP contribution is 2.41. The lowest BCUT2D eigenvalue weighted by Gasteiger charge is -2.29. The van der Waals surface area contributed by atoms with Gasteiger partial charge < -0.3 is 9.47 Å². The molecule has 0 amide bonds. The van der Waals surface area contributed by atoms with Crippen molar-refractivity contribution >= 4 is 23.2 Å². The van der Waals surface area contributed by atoms with Crippen molar-refractivity contribution in [2.75, 3.05) is 6.61 Å². The van der Waals surface area contributed by atoms with Crippen molar-refractivity contribution in [3.63, 3.8) is 0 Å². The van der Waals surface area contributed by atoms with Crippen molar-refractivity contribution in [2.45, 2.75) is 38.2 Å². The second kappa shape index (κ2) is 6.54. The van der Waals surface area contributed by atoms with Gasteiger partial charge in [0.2, 0.25) is 5.79 Å². The van der Waals surface area contributed by atoms with Crippen LogP contribution in [0.3, 0.4) is 0 Å². The van der Waals surface area contributed by atoms with Gasteiger partial charge in [-0.1, -0.05) is 42.6 Å². The summed E-state index contributed by atoms with van der Waals surface area (Å²) >= 11 is 12.3. The molecule has 1 saturated heterocycles. The van der Waals surface area contributed by atoms with E-state index in [1.807, 2.05) is 6.92 Å². The SMILES string of the molecule is [2H]c1c([2H])c(C2(Cn3cncn3)OCC(CCC)O2)c(Cl)c([2H])c1Cl. The molecule has 3 rings (SSSR count). The molecule has 7 heteroatoms. The lowest BCUT2D eigenvalue weighted by molar-refractivity contribution is -0.189. The minimum absolute atomic E-state index is 0.0525. The highest BCUT2D eigenvalue weighted by molar-refractivity contribution is 6.35. The van der Waals surface area contributed by atoms with Gasteiger partial charge in [-0.3, -0.25) is 0 Å². The molecule has 2 atom stereocenters. The Labute approximate surface area is 143 Å². The number of aromatic nitrogens is 3. The maximum absolute atomic E-state index is 8.32. The fourth-order valence-corrected chi connectivity index (χ4v) is 2.95. The molecule has 0 aliphatic carbocycles. The zero-order valence-electron chi connectivity index (χ0n) is 15.0. The number of halogens is 2. The Morgan fingerprint density at radius 3 is 3.09 bits per heavy atom. The van der Waals surface area contributed by atoms with Crippen molar-refractivity contribution in [3.05, 3.63) is 46.4 Å². The molecule has 118 valence electrons. The Bertz CT molecular complexity index is 747. The fourth-order valence-electron chi connectivity index (χ4n) is 2.47. The average molecular weight is 345 g/mol. The number of ether oxygens (including phenoxy) is 2. The molecule has 1 aromatic heterocycles. The van der Waals surface area contributed by atoms with Crippen molar-refractivity contribution in [3.8, 4) is 0 Å². The second-order valence-electron chi connectivity index (χ2n) is 5.06. The molecule has 22 heavy (non-hydrogen) atoms. The zero-order valence-corrected chi connectivity index (χ0v) is 13.5. The Morgan fingerprint density at radius 1 is 1.50 bits per heavy atom. The van der Waals surface area contributed by atoms with Crippen LogP contribution in [0.4, 0.5) is 0 Å². The van der Waals surface area contributed by atoms with Crippen LogP contribution in [0.1, 0.15) is 29.4 Å². The van der Waals surface area contributed by atoms with E-state index < -0.39 is 5.79 Å². The molecule has 1 aliphatic heterocycles. The van der Waals surface area contributed by atoms with Gasteiger partial charge >= 0.3 is 0 Å². The third-order valence-electron chi connectivity index (χ3n) is 3.42. The second-order valence-corrected chi connectivity index (χ2v) is 5.82. The maximum Gasteiger partial charge on any atom is 0.217 e. The van der Waals surface area contributed by atoms with Crippen LogP contribution in [-0.4, -0.2) is 27.5 Å². The predicted octanol–water partition coefficient (Wildman–Crippen LogP) is 3.65. The Balaban J connectivity index is 2.13. The van der Waals surface area contributed by atoms with Gasteiger partial charge in [-0.25, -0.2) is 9.67 Å². The summed E-state index contributed by atoms with van der Waals surface area (Å²) in [4.78, 5) is 3.90. The number of rotatable bonds is 5. The summed E-state index contributed by atoms with van der Waals surface area (Å²) in [6, 6.07) is -0.720. The highest BCUT2D eigenvalue weighted by atomic mass is 35.5. The maximum atomic E-state index is 8.32. The summed E-state index contributed by atoms with van der Waals surface area (Å²) in [6.45, 7) is 2.46. The van der Waals surface area contributed by atoms with E-state index in [2.05, 4.69) is 10.1 Å². The molecule has 0 spiro atoms. The quantitative estimate of drug-likeness (QED) is 0.830. The third kappa shape index (κ3) is 3.13. The first-order valence-electron chi connectivity index (χ1n) is 8.49. The summed E-state index contributed by atoms with van der Waals surface area (Å²) in [5.41, 5.74) is 0.127. The highest BCUT2D eigenvalue weighted by Gasteiger charge is 2.45. The van der Waals surface area contributed by atoms with Crippen LogP contribution in [0.5, 0.6) is 0 Å². The van der Waals surface area contributed by atoms with Crippen LogP contribution >= 0.6 is 23.2 Å². The number of nitrogens with zero attached hydrogens (tertiary/aromatic N) is 3. The zero-order chi connectivity index (χ0) is 18.2. The molecule has 5 nitrogen and oxygen atoms in total. The normalized spacial score (nSPS) is 26.7. The van der Waals surface area contributed by atoms with Gasteiger partial charge in [-0.15, -0.1) is 0 Å². The van der Waals surface area contributed by atoms with Gasteiger partial charge in [0, 0.05) is 10.6 Å². The fraction of sp³-hybridized carbons (Fsp3) is 0.467. The van der Waals surface area contributed by atoms with Gasteiger partial charge in [-0.2, -0.15) is 5.10 Å². The van der Waals surface area contributed by atoms with Crippen LogP contribution < -0.4 is 0 Å². The standard InChI is InChI=1S/C15H17Cl2N3O2/c1-2-3-12-7-21-15(22-12,8-20-10-18-9-19-20)13-5-4-11(16)6-14(13)17/h4-6,9-10,12H,2-3,7-8H2,1H3/i4D,5D,6D. The van der Waals surface area contributed by atoms with E-state index >= 15 is 0 Å². The topological polar surface area (TPSA) is 49.2 Å². The molecule has 1 fully saturated rings. The first-order chi connectivity index (χ1) is 11.9. The summed E-state index contributed by atoms with van der Waals surface area (Å²) in [5, 5.41) is 3.84. The minimum atomic E-state index is -1.42. The molecule has 0 saturated carbocycles. The predicted molar refractivity (Wildman–Crippen MR) is 83.9 cm³/mol. The van der Waals surface area contributed by atoms with Crippen molar-refractivity contribution in [1.29, 1.82) is 0 Å². The lowest BCUT2D eigenvalue weighted by atomic mass is 10.1. The average Bonchev–Trinajstić information content (AvgIpc) is 3.23. The summed E-state index contributed by atoms with van der Waals surface area (Å²) < 4.78 is 38.0. The first-order valence-corrected chi connectivity index (χ1v) is 7.74. The van der Waals surface area contributed by atoms with Crippen molar-refractivity contribution < 1.29 is 13.6 Å². The van der Waals surface area contributed by atoms with Crippen LogP contribution in [0.25, 0.3) is 0 Å². The van der Waals surface area contributed by atoms with E-state index in [0.29, 0.717) is 6.61 Å². The number of benzene rings is 1. The van der Waals surface area contributed by atoms with E-state index in [-0.39, 0.29) is 46.4 Å². The Morgan fingerprint density at radius 2 is 2.36 bits per heavy atom. The molecule has 1 aromatic carbocycles. The molecule has 1 aliphatic rings. The summed E-state index contributed by atoms with van der Waals surface area (Å²) in [7, 11) is 0. The van der Waals surface area contributed by atoms with Gasteiger partial charge in [0.25, 0.3) is 0 Å². The van der Waals surface area contributed by atoms with Crippen molar-refractivity contribution in [2.24, 2.45) is 0 Å². The van der Waals surface area contributed by atoms with Gasteiger partial charge in [0.15, 0.2) is 0 Å². The molecule has 2 aromatic rings. The Kier molecular flexibility index (Phi) is 3.66. The summed E-state index contributed by atoms with van der Waals surface area (Å²) in [5.74, 6) is -1.42. The number of hydrogen-bond donors (Lipinski definition) is 0.